The zero-order valence-electron chi connectivity index (χ0n) is 10.5. The minimum absolute atomic E-state index is 0.583. The molecular formula is C17H22. The summed E-state index contributed by atoms with van der Waals surface area (Å²) in [4.78, 5) is 0. The zero-order valence-corrected chi connectivity index (χ0v) is 10.5. The summed E-state index contributed by atoms with van der Waals surface area (Å²) in [6.45, 7) is 0. The first-order chi connectivity index (χ1) is 8.45. The molecule has 0 N–H and O–H groups in total. The molecule has 0 heteroatoms. The molecule has 0 aromatic heterocycles. The van der Waals surface area contributed by atoms with E-state index >= 15 is 0 Å². The lowest BCUT2D eigenvalue weighted by molar-refractivity contribution is 0.428. The lowest BCUT2D eigenvalue weighted by atomic mass is 9.71. The first-order valence-corrected chi connectivity index (χ1v) is 7.18. The fourth-order valence-corrected chi connectivity index (χ4v) is 3.49. The third-order valence-corrected chi connectivity index (χ3v) is 4.43. The van der Waals surface area contributed by atoms with E-state index in [0.717, 1.165) is 5.92 Å². The number of hydrogen-bond acceptors (Lipinski definition) is 0. The maximum Gasteiger partial charge on any atom is 0.0163 e. The average Bonchev–Trinajstić information content (AvgIpc) is 2.41. The van der Waals surface area contributed by atoms with Crippen LogP contribution in [0.3, 0.4) is 0 Å². The summed E-state index contributed by atoms with van der Waals surface area (Å²) in [5.41, 5.74) is 1.71. The molecule has 0 saturated heterocycles. The number of hydrogen-bond donors (Lipinski definition) is 0. The largest absolute Gasteiger partial charge is 0.0841 e. The Hall–Kier alpha value is -1.04. The van der Waals surface area contributed by atoms with E-state index in [-0.39, 0.29) is 0 Å². The number of fused-ring (bicyclic) bond motifs is 5. The molecule has 90 valence electrons. The summed E-state index contributed by atoms with van der Waals surface area (Å²) in [5.74, 6) is 2.02. The van der Waals surface area contributed by atoms with Crippen LogP contribution in [0.2, 0.25) is 0 Å². The summed E-state index contributed by atoms with van der Waals surface area (Å²) in [5, 5.41) is 0. The van der Waals surface area contributed by atoms with E-state index in [9.17, 15) is 0 Å². The van der Waals surface area contributed by atoms with Crippen molar-refractivity contribution in [3.8, 4) is 0 Å². The van der Waals surface area contributed by atoms with Gasteiger partial charge in [-0.25, -0.2) is 0 Å². The monoisotopic (exact) mass is 226 g/mol. The molecule has 3 unspecified atom stereocenters. The minimum atomic E-state index is 0.583. The van der Waals surface area contributed by atoms with Gasteiger partial charge in [0.15, 0.2) is 0 Å². The van der Waals surface area contributed by atoms with Crippen molar-refractivity contribution in [2.75, 3.05) is 0 Å². The molecule has 2 bridgehead atoms. The maximum atomic E-state index is 2.56. The Bertz CT molecular complexity index is 381. The fourth-order valence-electron chi connectivity index (χ4n) is 3.49. The Morgan fingerprint density at radius 1 is 0.824 bits per heavy atom. The standard InChI is InChI=1S/C17H22/c1-2-4-10-16-14-8-6-7-9-15(13-12-14)17(16)11-5-3-1/h6-10,12-15,17H,1-5,11H2/b8-6-,9-7-,16-10-. The predicted molar refractivity (Wildman–Crippen MR) is 73.7 cm³/mol. The molecule has 0 fully saturated rings. The van der Waals surface area contributed by atoms with Gasteiger partial charge in [0.1, 0.15) is 0 Å². The van der Waals surface area contributed by atoms with Gasteiger partial charge in [-0.05, 0) is 25.2 Å². The quantitative estimate of drug-likeness (QED) is 0.520. The van der Waals surface area contributed by atoms with Crippen LogP contribution in [0.4, 0.5) is 0 Å². The molecule has 3 aliphatic rings. The van der Waals surface area contributed by atoms with Gasteiger partial charge in [0, 0.05) is 11.8 Å². The molecule has 0 aliphatic heterocycles. The zero-order chi connectivity index (χ0) is 11.5. The van der Waals surface area contributed by atoms with Gasteiger partial charge in [-0.3, -0.25) is 0 Å². The third kappa shape index (κ3) is 2.31. The number of allylic oxidation sites excluding steroid dienone is 8. The van der Waals surface area contributed by atoms with Crippen molar-refractivity contribution in [2.24, 2.45) is 17.8 Å². The first kappa shape index (κ1) is 11.1. The molecule has 0 aromatic rings. The third-order valence-electron chi connectivity index (χ3n) is 4.43. The van der Waals surface area contributed by atoms with Crippen molar-refractivity contribution in [3.63, 3.8) is 0 Å². The van der Waals surface area contributed by atoms with Crippen molar-refractivity contribution >= 4 is 0 Å². The second kappa shape index (κ2) is 5.08. The predicted octanol–water partition coefficient (Wildman–Crippen LogP) is 4.81. The van der Waals surface area contributed by atoms with E-state index in [1.54, 1.807) is 5.57 Å². The molecule has 0 radical (unpaired) electrons. The maximum absolute atomic E-state index is 2.56. The van der Waals surface area contributed by atoms with E-state index < -0.39 is 0 Å². The molecule has 0 heterocycles. The smallest absolute Gasteiger partial charge is 0.0163 e. The van der Waals surface area contributed by atoms with Crippen LogP contribution in [0.5, 0.6) is 0 Å². The van der Waals surface area contributed by atoms with Crippen molar-refractivity contribution < 1.29 is 0 Å². The van der Waals surface area contributed by atoms with E-state index in [2.05, 4.69) is 42.5 Å². The lowest BCUT2D eigenvalue weighted by Crippen LogP contribution is -2.23. The van der Waals surface area contributed by atoms with Crippen LogP contribution < -0.4 is 0 Å². The van der Waals surface area contributed by atoms with Crippen molar-refractivity contribution in [1.29, 1.82) is 0 Å². The normalized spacial score (nSPS) is 43.1. The summed E-state index contributed by atoms with van der Waals surface area (Å²) >= 11 is 0. The molecule has 3 aliphatic carbocycles. The highest BCUT2D eigenvalue weighted by atomic mass is 14.3. The fraction of sp³-hybridized carbons (Fsp3) is 0.529. The van der Waals surface area contributed by atoms with E-state index in [1.165, 1.54) is 38.5 Å². The molecule has 3 atom stereocenters. The van der Waals surface area contributed by atoms with Crippen LogP contribution in [0, 0.1) is 17.8 Å². The Morgan fingerprint density at radius 2 is 1.71 bits per heavy atom. The van der Waals surface area contributed by atoms with Crippen LogP contribution in [-0.2, 0) is 0 Å². The molecule has 0 amide bonds. The summed E-state index contributed by atoms with van der Waals surface area (Å²) in [6, 6.07) is 0. The van der Waals surface area contributed by atoms with Crippen LogP contribution in [-0.4, -0.2) is 0 Å². The van der Waals surface area contributed by atoms with Crippen molar-refractivity contribution in [3.05, 3.63) is 48.1 Å². The van der Waals surface area contributed by atoms with Gasteiger partial charge in [0.2, 0.25) is 0 Å². The molecule has 0 spiro atoms. The SMILES string of the molecule is C1=CC2/C=C\C=C/C1/C1=C/CCCCCCC12. The Morgan fingerprint density at radius 3 is 2.71 bits per heavy atom. The van der Waals surface area contributed by atoms with Crippen molar-refractivity contribution in [2.45, 2.75) is 38.5 Å². The van der Waals surface area contributed by atoms with Gasteiger partial charge in [-0.2, -0.15) is 0 Å². The molecular weight excluding hydrogens is 204 g/mol. The second-order valence-electron chi connectivity index (χ2n) is 5.56. The number of rotatable bonds is 0. The topological polar surface area (TPSA) is 0 Å². The Balaban J connectivity index is 1.95. The highest BCUT2D eigenvalue weighted by Crippen LogP contribution is 2.40. The average molecular weight is 226 g/mol. The lowest BCUT2D eigenvalue weighted by Gasteiger charge is -2.33. The molecule has 0 saturated carbocycles. The Kier molecular flexibility index (Phi) is 3.31. The summed E-state index contributed by atoms with van der Waals surface area (Å²) in [6.07, 6.45) is 24.9. The minimum Gasteiger partial charge on any atom is -0.0841 e. The highest BCUT2D eigenvalue weighted by Gasteiger charge is 2.29. The van der Waals surface area contributed by atoms with Crippen molar-refractivity contribution in [1.82, 2.24) is 0 Å². The van der Waals surface area contributed by atoms with Crippen LogP contribution in [0.15, 0.2) is 48.1 Å². The van der Waals surface area contributed by atoms with Crippen LogP contribution in [0.25, 0.3) is 0 Å². The van der Waals surface area contributed by atoms with Gasteiger partial charge >= 0.3 is 0 Å². The molecule has 0 nitrogen and oxygen atoms in total. The van der Waals surface area contributed by atoms with E-state index in [0.29, 0.717) is 11.8 Å². The summed E-state index contributed by atoms with van der Waals surface area (Å²) in [7, 11) is 0. The van der Waals surface area contributed by atoms with Gasteiger partial charge in [-0.1, -0.05) is 67.4 Å². The Labute approximate surface area is 105 Å². The molecule has 17 heavy (non-hydrogen) atoms. The van der Waals surface area contributed by atoms with Gasteiger partial charge < -0.3 is 0 Å². The molecule has 3 rings (SSSR count). The van der Waals surface area contributed by atoms with Gasteiger partial charge in [0.25, 0.3) is 0 Å². The van der Waals surface area contributed by atoms with Crippen LogP contribution in [0.1, 0.15) is 38.5 Å². The highest BCUT2D eigenvalue weighted by molar-refractivity contribution is 5.34. The van der Waals surface area contributed by atoms with Gasteiger partial charge in [-0.15, -0.1) is 0 Å². The van der Waals surface area contributed by atoms with E-state index in [4.69, 9.17) is 0 Å². The molecule has 0 aromatic carbocycles. The summed E-state index contributed by atoms with van der Waals surface area (Å²) < 4.78 is 0. The second-order valence-corrected chi connectivity index (χ2v) is 5.56. The van der Waals surface area contributed by atoms with E-state index in [1.807, 2.05) is 0 Å². The van der Waals surface area contributed by atoms with Crippen LogP contribution >= 0.6 is 0 Å². The van der Waals surface area contributed by atoms with Gasteiger partial charge in [0.05, 0.1) is 0 Å². The first-order valence-electron chi connectivity index (χ1n) is 7.18.